The van der Waals surface area contributed by atoms with E-state index < -0.39 is 0 Å². The number of alkyl halides is 1. The van der Waals surface area contributed by atoms with Gasteiger partial charge in [0.15, 0.2) is 5.16 Å². The smallest absolute Gasteiger partial charge is 0.187 e. The van der Waals surface area contributed by atoms with E-state index in [2.05, 4.69) is 25.9 Å². The van der Waals surface area contributed by atoms with Crippen LogP contribution in [0.1, 0.15) is 32.1 Å². The minimum atomic E-state index is 0.474. The van der Waals surface area contributed by atoms with E-state index in [0.29, 0.717) is 5.41 Å². The molecule has 0 N–H and O–H groups in total. The zero-order valence-corrected chi connectivity index (χ0v) is 11.8. The third-order valence-corrected chi connectivity index (χ3v) is 5.66. The maximum atomic E-state index is 4.27. The van der Waals surface area contributed by atoms with Gasteiger partial charge in [-0.1, -0.05) is 47.0 Å². The zero-order chi connectivity index (χ0) is 11.3. The van der Waals surface area contributed by atoms with E-state index in [1.807, 2.05) is 18.5 Å². The van der Waals surface area contributed by atoms with Gasteiger partial charge < -0.3 is 0 Å². The fraction of sp³-hybridized carbons (Fsp3) is 0.667. The second kappa shape index (κ2) is 6.01. The molecule has 1 saturated carbocycles. The highest BCUT2D eigenvalue weighted by molar-refractivity contribution is 9.09. The summed E-state index contributed by atoms with van der Waals surface area (Å²) in [5.74, 6) is 1.14. The number of nitrogens with zero attached hydrogens (tertiary/aromatic N) is 2. The largest absolute Gasteiger partial charge is 0.231 e. The van der Waals surface area contributed by atoms with Gasteiger partial charge in [-0.2, -0.15) is 0 Å². The lowest BCUT2D eigenvalue weighted by Crippen LogP contribution is -2.28. The summed E-state index contributed by atoms with van der Waals surface area (Å²) in [5.41, 5.74) is 0.474. The Labute approximate surface area is 110 Å². The van der Waals surface area contributed by atoms with Crippen molar-refractivity contribution in [3.63, 3.8) is 0 Å². The second-order valence-electron chi connectivity index (χ2n) is 4.51. The van der Waals surface area contributed by atoms with Gasteiger partial charge in [-0.3, -0.25) is 0 Å². The Bertz CT molecular complexity index is 312. The molecule has 1 aliphatic rings. The van der Waals surface area contributed by atoms with Crippen LogP contribution in [0.3, 0.4) is 0 Å². The lowest BCUT2D eigenvalue weighted by Gasteiger charge is -2.35. The number of hydrogen-bond acceptors (Lipinski definition) is 3. The Hall–Kier alpha value is -0.0900. The molecule has 1 heterocycles. The monoisotopic (exact) mass is 300 g/mol. The van der Waals surface area contributed by atoms with Gasteiger partial charge in [-0.05, 0) is 24.3 Å². The fourth-order valence-electron chi connectivity index (χ4n) is 2.20. The van der Waals surface area contributed by atoms with E-state index in [-0.39, 0.29) is 0 Å². The van der Waals surface area contributed by atoms with Crippen LogP contribution in [0.15, 0.2) is 23.6 Å². The highest BCUT2D eigenvalue weighted by Gasteiger charge is 2.31. The molecule has 1 fully saturated rings. The Morgan fingerprint density at radius 1 is 1.19 bits per heavy atom. The first-order chi connectivity index (χ1) is 7.85. The van der Waals surface area contributed by atoms with Crippen molar-refractivity contribution in [2.75, 3.05) is 11.1 Å². The molecule has 4 heteroatoms. The van der Waals surface area contributed by atoms with Crippen molar-refractivity contribution in [1.82, 2.24) is 9.97 Å². The first-order valence-corrected chi connectivity index (χ1v) is 7.91. The maximum Gasteiger partial charge on any atom is 0.187 e. The van der Waals surface area contributed by atoms with Crippen molar-refractivity contribution in [2.24, 2.45) is 5.41 Å². The average Bonchev–Trinajstić information content (AvgIpc) is 2.39. The molecule has 0 radical (unpaired) electrons. The molecule has 2 rings (SSSR count). The number of rotatable bonds is 4. The van der Waals surface area contributed by atoms with E-state index in [9.17, 15) is 0 Å². The predicted molar refractivity (Wildman–Crippen MR) is 72.1 cm³/mol. The summed E-state index contributed by atoms with van der Waals surface area (Å²) < 4.78 is 0. The molecular formula is C12H17BrN2S. The lowest BCUT2D eigenvalue weighted by molar-refractivity contribution is 0.260. The van der Waals surface area contributed by atoms with Crippen molar-refractivity contribution >= 4 is 27.7 Å². The number of hydrogen-bond donors (Lipinski definition) is 0. The topological polar surface area (TPSA) is 25.8 Å². The van der Waals surface area contributed by atoms with Crippen LogP contribution in [0, 0.1) is 5.41 Å². The Balaban J connectivity index is 1.92. The van der Waals surface area contributed by atoms with Crippen LogP contribution >= 0.6 is 27.7 Å². The van der Waals surface area contributed by atoms with Gasteiger partial charge in [-0.15, -0.1) is 0 Å². The first kappa shape index (κ1) is 12.4. The molecule has 0 aromatic carbocycles. The molecule has 0 saturated heterocycles. The Morgan fingerprint density at radius 3 is 2.50 bits per heavy atom. The molecule has 0 aliphatic heterocycles. The molecule has 0 unspecified atom stereocenters. The zero-order valence-electron chi connectivity index (χ0n) is 9.36. The quantitative estimate of drug-likeness (QED) is 0.479. The van der Waals surface area contributed by atoms with Crippen LogP contribution in [-0.4, -0.2) is 21.1 Å². The van der Waals surface area contributed by atoms with Gasteiger partial charge in [0.1, 0.15) is 0 Å². The highest BCUT2D eigenvalue weighted by atomic mass is 79.9. The molecule has 0 atom stereocenters. The summed E-state index contributed by atoms with van der Waals surface area (Å²) in [6.45, 7) is 0. The van der Waals surface area contributed by atoms with Crippen LogP contribution in [0.4, 0.5) is 0 Å². The van der Waals surface area contributed by atoms with Gasteiger partial charge in [0.2, 0.25) is 0 Å². The maximum absolute atomic E-state index is 4.27. The Kier molecular flexibility index (Phi) is 4.65. The standard InChI is InChI=1S/C12H17BrN2S/c13-9-12(5-2-1-3-6-12)10-16-11-14-7-4-8-15-11/h4,7-8H,1-3,5-6,9-10H2. The molecule has 88 valence electrons. The third kappa shape index (κ3) is 3.20. The minimum absolute atomic E-state index is 0.474. The van der Waals surface area contributed by atoms with E-state index >= 15 is 0 Å². The Morgan fingerprint density at radius 2 is 1.88 bits per heavy atom. The molecule has 1 aromatic rings. The molecule has 1 aliphatic carbocycles. The van der Waals surface area contributed by atoms with Gasteiger partial charge >= 0.3 is 0 Å². The van der Waals surface area contributed by atoms with Crippen molar-refractivity contribution in [3.8, 4) is 0 Å². The van der Waals surface area contributed by atoms with Crippen molar-refractivity contribution in [3.05, 3.63) is 18.5 Å². The number of thioether (sulfide) groups is 1. The van der Waals surface area contributed by atoms with E-state index in [1.54, 1.807) is 11.8 Å². The summed E-state index contributed by atoms with van der Waals surface area (Å²) >= 11 is 5.49. The molecule has 16 heavy (non-hydrogen) atoms. The normalized spacial score (nSPS) is 19.6. The lowest BCUT2D eigenvalue weighted by atomic mass is 9.77. The number of aromatic nitrogens is 2. The minimum Gasteiger partial charge on any atom is -0.231 e. The summed E-state index contributed by atoms with van der Waals surface area (Å²) in [5, 5.41) is 2.02. The van der Waals surface area contributed by atoms with E-state index in [1.165, 1.54) is 32.1 Å². The fourth-order valence-corrected chi connectivity index (χ4v) is 4.31. The van der Waals surface area contributed by atoms with Gasteiger partial charge in [0.25, 0.3) is 0 Å². The van der Waals surface area contributed by atoms with E-state index in [0.717, 1.165) is 16.2 Å². The molecular weight excluding hydrogens is 284 g/mol. The average molecular weight is 301 g/mol. The second-order valence-corrected chi connectivity index (χ2v) is 6.02. The molecule has 0 bridgehead atoms. The molecule has 2 nitrogen and oxygen atoms in total. The van der Waals surface area contributed by atoms with Crippen molar-refractivity contribution < 1.29 is 0 Å². The van der Waals surface area contributed by atoms with Gasteiger partial charge in [-0.25, -0.2) is 9.97 Å². The summed E-state index contributed by atoms with van der Waals surface area (Å²) in [7, 11) is 0. The molecule has 0 amide bonds. The van der Waals surface area contributed by atoms with Crippen molar-refractivity contribution in [1.29, 1.82) is 0 Å². The van der Waals surface area contributed by atoms with Crippen LogP contribution in [0.25, 0.3) is 0 Å². The summed E-state index contributed by atoms with van der Waals surface area (Å²) in [6, 6.07) is 1.87. The number of halogens is 1. The molecule has 1 aromatic heterocycles. The summed E-state index contributed by atoms with van der Waals surface area (Å²) in [4.78, 5) is 8.53. The predicted octanol–water partition coefficient (Wildman–Crippen LogP) is 3.91. The van der Waals surface area contributed by atoms with E-state index in [4.69, 9.17) is 0 Å². The SMILES string of the molecule is BrCC1(CSc2ncccn2)CCCCC1. The van der Waals surface area contributed by atoms with Crippen LogP contribution in [-0.2, 0) is 0 Å². The highest BCUT2D eigenvalue weighted by Crippen LogP contribution is 2.41. The van der Waals surface area contributed by atoms with Gasteiger partial charge in [0, 0.05) is 23.5 Å². The molecule has 0 spiro atoms. The van der Waals surface area contributed by atoms with Crippen LogP contribution in [0.2, 0.25) is 0 Å². The third-order valence-electron chi connectivity index (χ3n) is 3.25. The van der Waals surface area contributed by atoms with Crippen LogP contribution < -0.4 is 0 Å². The van der Waals surface area contributed by atoms with Crippen LogP contribution in [0.5, 0.6) is 0 Å². The van der Waals surface area contributed by atoms with Crippen molar-refractivity contribution in [2.45, 2.75) is 37.3 Å². The van der Waals surface area contributed by atoms with Gasteiger partial charge in [0.05, 0.1) is 0 Å². The first-order valence-electron chi connectivity index (χ1n) is 5.80. The summed E-state index contributed by atoms with van der Waals surface area (Å²) in [6.07, 6.45) is 10.5.